The molecule has 2 rings (SSSR count). The van der Waals surface area contributed by atoms with Gasteiger partial charge in [0, 0.05) is 6.54 Å². The van der Waals surface area contributed by atoms with Crippen molar-refractivity contribution in [3.05, 3.63) is 59.7 Å². The van der Waals surface area contributed by atoms with E-state index in [0.29, 0.717) is 0 Å². The third-order valence-electron chi connectivity index (χ3n) is 3.19. The molecule has 0 aromatic heterocycles. The Morgan fingerprint density at radius 2 is 1.67 bits per heavy atom. The highest BCUT2D eigenvalue weighted by atomic mass is 14.8. The fourth-order valence-electron chi connectivity index (χ4n) is 2.29. The van der Waals surface area contributed by atoms with Crippen molar-refractivity contribution in [1.29, 1.82) is 0 Å². The van der Waals surface area contributed by atoms with Crippen molar-refractivity contribution in [3.8, 4) is 11.1 Å². The molecule has 0 aliphatic heterocycles. The second kappa shape index (κ2) is 6.36. The minimum Gasteiger partial charge on any atom is -0.316 e. The van der Waals surface area contributed by atoms with Crippen LogP contribution in [0.3, 0.4) is 0 Å². The first-order valence-corrected chi connectivity index (χ1v) is 6.67. The fourth-order valence-corrected chi connectivity index (χ4v) is 2.29. The molecule has 0 saturated heterocycles. The van der Waals surface area contributed by atoms with Crippen LogP contribution in [0.2, 0.25) is 0 Å². The summed E-state index contributed by atoms with van der Waals surface area (Å²) in [7, 11) is 1.99. The maximum absolute atomic E-state index is 3.23. The molecule has 0 fully saturated rings. The SMILES string of the molecule is CCCc1ccc(-c2ccccc2CNC)cc1. The van der Waals surface area contributed by atoms with Crippen LogP contribution in [0.1, 0.15) is 24.5 Å². The summed E-state index contributed by atoms with van der Waals surface area (Å²) in [5.41, 5.74) is 5.41. The van der Waals surface area contributed by atoms with Crippen LogP contribution < -0.4 is 5.32 Å². The second-order valence-electron chi connectivity index (χ2n) is 4.63. The minimum absolute atomic E-state index is 0.910. The molecule has 0 aliphatic rings. The molecule has 1 heteroatoms. The lowest BCUT2D eigenvalue weighted by molar-refractivity contribution is 0.819. The smallest absolute Gasteiger partial charge is 0.0208 e. The zero-order chi connectivity index (χ0) is 12.8. The number of hydrogen-bond donors (Lipinski definition) is 1. The van der Waals surface area contributed by atoms with Gasteiger partial charge in [-0.15, -0.1) is 0 Å². The van der Waals surface area contributed by atoms with Gasteiger partial charge in [-0.05, 0) is 35.7 Å². The Labute approximate surface area is 110 Å². The van der Waals surface area contributed by atoms with Crippen LogP contribution in [-0.4, -0.2) is 7.05 Å². The molecular weight excluding hydrogens is 218 g/mol. The fraction of sp³-hybridized carbons (Fsp3) is 0.294. The van der Waals surface area contributed by atoms with Crippen LogP contribution in [0.5, 0.6) is 0 Å². The van der Waals surface area contributed by atoms with Crippen LogP contribution >= 0.6 is 0 Å². The summed E-state index contributed by atoms with van der Waals surface area (Å²) in [6.45, 7) is 3.13. The molecule has 1 N–H and O–H groups in total. The average Bonchev–Trinajstić information content (AvgIpc) is 2.41. The highest BCUT2D eigenvalue weighted by molar-refractivity contribution is 5.67. The van der Waals surface area contributed by atoms with Gasteiger partial charge in [0.2, 0.25) is 0 Å². The number of hydrogen-bond acceptors (Lipinski definition) is 1. The zero-order valence-corrected chi connectivity index (χ0v) is 11.2. The van der Waals surface area contributed by atoms with Crippen LogP contribution in [0, 0.1) is 0 Å². The first-order chi connectivity index (χ1) is 8.85. The van der Waals surface area contributed by atoms with Crippen molar-refractivity contribution in [2.75, 3.05) is 7.05 Å². The first-order valence-electron chi connectivity index (χ1n) is 6.67. The van der Waals surface area contributed by atoms with Crippen molar-refractivity contribution in [2.45, 2.75) is 26.3 Å². The summed E-state index contributed by atoms with van der Waals surface area (Å²) in [4.78, 5) is 0. The van der Waals surface area contributed by atoms with Gasteiger partial charge in [-0.1, -0.05) is 61.9 Å². The van der Waals surface area contributed by atoms with Gasteiger partial charge in [0.25, 0.3) is 0 Å². The molecule has 1 nitrogen and oxygen atoms in total. The van der Waals surface area contributed by atoms with Crippen molar-refractivity contribution in [2.24, 2.45) is 0 Å². The molecule has 0 unspecified atom stereocenters. The van der Waals surface area contributed by atoms with Crippen LogP contribution in [0.15, 0.2) is 48.5 Å². The molecule has 2 aromatic rings. The zero-order valence-electron chi connectivity index (χ0n) is 11.2. The summed E-state index contributed by atoms with van der Waals surface area (Å²) < 4.78 is 0. The monoisotopic (exact) mass is 239 g/mol. The summed E-state index contributed by atoms with van der Waals surface area (Å²) >= 11 is 0. The lowest BCUT2D eigenvalue weighted by Crippen LogP contribution is -2.06. The normalized spacial score (nSPS) is 10.6. The van der Waals surface area contributed by atoms with Crippen molar-refractivity contribution >= 4 is 0 Å². The molecule has 0 atom stereocenters. The van der Waals surface area contributed by atoms with Crippen LogP contribution in [0.4, 0.5) is 0 Å². The highest BCUT2D eigenvalue weighted by Crippen LogP contribution is 2.24. The van der Waals surface area contributed by atoms with Gasteiger partial charge in [-0.3, -0.25) is 0 Å². The van der Waals surface area contributed by atoms with E-state index in [-0.39, 0.29) is 0 Å². The maximum Gasteiger partial charge on any atom is 0.0208 e. The summed E-state index contributed by atoms with van der Waals surface area (Å²) in [5.74, 6) is 0. The van der Waals surface area contributed by atoms with E-state index in [1.165, 1.54) is 35.1 Å². The third kappa shape index (κ3) is 2.99. The van der Waals surface area contributed by atoms with Crippen molar-refractivity contribution in [1.82, 2.24) is 5.32 Å². The van der Waals surface area contributed by atoms with E-state index in [1.54, 1.807) is 0 Å². The Morgan fingerprint density at radius 1 is 0.944 bits per heavy atom. The van der Waals surface area contributed by atoms with Gasteiger partial charge in [0.15, 0.2) is 0 Å². The number of nitrogens with one attached hydrogen (secondary N) is 1. The van der Waals surface area contributed by atoms with Gasteiger partial charge >= 0.3 is 0 Å². The van der Waals surface area contributed by atoms with Crippen molar-refractivity contribution in [3.63, 3.8) is 0 Å². The highest BCUT2D eigenvalue weighted by Gasteiger charge is 2.03. The molecule has 0 aliphatic carbocycles. The topological polar surface area (TPSA) is 12.0 Å². The van der Waals surface area contributed by atoms with E-state index in [4.69, 9.17) is 0 Å². The van der Waals surface area contributed by atoms with Gasteiger partial charge in [0.1, 0.15) is 0 Å². The van der Waals surface area contributed by atoms with Crippen LogP contribution in [-0.2, 0) is 13.0 Å². The van der Waals surface area contributed by atoms with E-state index in [0.717, 1.165) is 6.54 Å². The van der Waals surface area contributed by atoms with Gasteiger partial charge in [-0.25, -0.2) is 0 Å². The quantitative estimate of drug-likeness (QED) is 0.830. The summed E-state index contributed by atoms with van der Waals surface area (Å²) in [6, 6.07) is 17.5. The lowest BCUT2D eigenvalue weighted by Gasteiger charge is -2.10. The molecule has 2 aromatic carbocycles. The molecule has 0 radical (unpaired) electrons. The average molecular weight is 239 g/mol. The number of aryl methyl sites for hydroxylation is 1. The van der Waals surface area contributed by atoms with E-state index < -0.39 is 0 Å². The van der Waals surface area contributed by atoms with Crippen LogP contribution in [0.25, 0.3) is 11.1 Å². The molecule has 18 heavy (non-hydrogen) atoms. The van der Waals surface area contributed by atoms with Gasteiger partial charge in [-0.2, -0.15) is 0 Å². The molecule has 0 spiro atoms. The molecule has 94 valence electrons. The molecular formula is C17H21N. The van der Waals surface area contributed by atoms with Gasteiger partial charge in [0.05, 0.1) is 0 Å². The Bertz CT molecular complexity index is 485. The van der Waals surface area contributed by atoms with E-state index in [9.17, 15) is 0 Å². The standard InChI is InChI=1S/C17H21N/c1-3-6-14-9-11-15(12-10-14)17-8-5-4-7-16(17)13-18-2/h4-5,7-12,18H,3,6,13H2,1-2H3. The summed E-state index contributed by atoms with van der Waals surface area (Å²) in [5, 5.41) is 3.23. The largest absolute Gasteiger partial charge is 0.316 e. The van der Waals surface area contributed by atoms with E-state index in [1.807, 2.05) is 7.05 Å². The Kier molecular flexibility index (Phi) is 4.54. The predicted molar refractivity (Wildman–Crippen MR) is 78.6 cm³/mol. The van der Waals surface area contributed by atoms with Gasteiger partial charge < -0.3 is 5.32 Å². The Balaban J connectivity index is 2.30. The maximum atomic E-state index is 3.23. The molecule has 0 bridgehead atoms. The third-order valence-corrected chi connectivity index (χ3v) is 3.19. The first kappa shape index (κ1) is 12.8. The lowest BCUT2D eigenvalue weighted by atomic mass is 9.98. The Morgan fingerprint density at radius 3 is 2.33 bits per heavy atom. The number of rotatable bonds is 5. The number of benzene rings is 2. The summed E-state index contributed by atoms with van der Waals surface area (Å²) in [6.07, 6.45) is 2.37. The predicted octanol–water partition coefficient (Wildman–Crippen LogP) is 4.03. The molecule has 0 heterocycles. The molecule has 0 amide bonds. The second-order valence-corrected chi connectivity index (χ2v) is 4.63. The van der Waals surface area contributed by atoms with E-state index >= 15 is 0 Å². The van der Waals surface area contributed by atoms with Crippen molar-refractivity contribution < 1.29 is 0 Å². The Hall–Kier alpha value is -1.60. The van der Waals surface area contributed by atoms with E-state index in [2.05, 4.69) is 60.8 Å². The minimum atomic E-state index is 0.910. The molecule has 0 saturated carbocycles.